The van der Waals surface area contributed by atoms with Crippen LogP contribution in [-0.4, -0.2) is 20.8 Å². The highest BCUT2D eigenvalue weighted by atomic mass is 16.5. The van der Waals surface area contributed by atoms with Crippen molar-refractivity contribution in [1.82, 2.24) is 0 Å². The first-order valence-electron chi connectivity index (χ1n) is 4.56. The Morgan fingerprint density at radius 2 is 2.07 bits per heavy atom. The van der Waals surface area contributed by atoms with E-state index >= 15 is 0 Å². The summed E-state index contributed by atoms with van der Waals surface area (Å²) in [5.74, 6) is 0.819. The molecule has 1 unspecified atom stereocenters. The average Bonchev–Trinajstić information content (AvgIpc) is 2.28. The molecule has 0 fully saturated rings. The molecule has 0 aliphatic heterocycles. The zero-order valence-corrected chi connectivity index (χ0v) is 8.91. The second kappa shape index (κ2) is 4.44. The van der Waals surface area contributed by atoms with Crippen molar-refractivity contribution >= 4 is 0 Å². The molecule has 1 rings (SSSR count). The largest absolute Gasteiger partial charge is 0.497 e. The molecule has 0 saturated carbocycles. The summed E-state index contributed by atoms with van der Waals surface area (Å²) in [4.78, 5) is 0. The van der Waals surface area contributed by atoms with Gasteiger partial charge in [-0.25, -0.2) is 0 Å². The van der Waals surface area contributed by atoms with Crippen LogP contribution in [0.25, 0.3) is 0 Å². The Labute approximate surface area is 84.8 Å². The second-order valence-corrected chi connectivity index (χ2v) is 3.37. The normalized spacial score (nSPS) is 14.9. The van der Waals surface area contributed by atoms with E-state index < -0.39 is 5.60 Å². The number of ether oxygens (including phenoxy) is 2. The standard InChI is InChI=1S/C11H17NO2/c1-11(8-12,14-3)9-5-4-6-10(7-9)13-2/h4-7H,8,12H2,1-3H3. The van der Waals surface area contributed by atoms with E-state index in [1.165, 1.54) is 0 Å². The van der Waals surface area contributed by atoms with Gasteiger partial charge < -0.3 is 15.2 Å². The minimum Gasteiger partial charge on any atom is -0.497 e. The fourth-order valence-electron chi connectivity index (χ4n) is 1.27. The Balaban J connectivity index is 3.04. The summed E-state index contributed by atoms with van der Waals surface area (Å²) in [7, 11) is 3.30. The van der Waals surface area contributed by atoms with Gasteiger partial charge in [0.15, 0.2) is 0 Å². The highest BCUT2D eigenvalue weighted by molar-refractivity contribution is 5.32. The van der Waals surface area contributed by atoms with Gasteiger partial charge in [-0.3, -0.25) is 0 Å². The lowest BCUT2D eigenvalue weighted by molar-refractivity contribution is 0.00993. The van der Waals surface area contributed by atoms with Crippen LogP contribution in [0.3, 0.4) is 0 Å². The van der Waals surface area contributed by atoms with Gasteiger partial charge in [0.05, 0.1) is 7.11 Å². The predicted molar refractivity (Wildman–Crippen MR) is 56.4 cm³/mol. The summed E-state index contributed by atoms with van der Waals surface area (Å²) in [5, 5.41) is 0. The minimum absolute atomic E-state index is 0.436. The predicted octanol–water partition coefficient (Wildman–Crippen LogP) is 1.52. The fourth-order valence-corrected chi connectivity index (χ4v) is 1.27. The van der Waals surface area contributed by atoms with E-state index in [0.29, 0.717) is 6.54 Å². The number of hydrogen-bond donors (Lipinski definition) is 1. The number of rotatable bonds is 4. The summed E-state index contributed by atoms with van der Waals surface area (Å²) in [6.45, 7) is 2.40. The monoisotopic (exact) mass is 195 g/mol. The smallest absolute Gasteiger partial charge is 0.119 e. The number of benzene rings is 1. The molecule has 0 spiro atoms. The average molecular weight is 195 g/mol. The Morgan fingerprint density at radius 3 is 2.57 bits per heavy atom. The van der Waals surface area contributed by atoms with Gasteiger partial charge in [-0.05, 0) is 24.6 Å². The third kappa shape index (κ3) is 2.05. The Kier molecular flexibility index (Phi) is 3.49. The molecular formula is C11H17NO2. The molecule has 3 nitrogen and oxygen atoms in total. The van der Waals surface area contributed by atoms with Crippen molar-refractivity contribution < 1.29 is 9.47 Å². The van der Waals surface area contributed by atoms with Crippen LogP contribution in [0.2, 0.25) is 0 Å². The summed E-state index contributed by atoms with van der Waals surface area (Å²) in [5.41, 5.74) is 6.27. The van der Waals surface area contributed by atoms with E-state index in [-0.39, 0.29) is 0 Å². The van der Waals surface area contributed by atoms with Gasteiger partial charge in [-0.2, -0.15) is 0 Å². The lowest BCUT2D eigenvalue weighted by Gasteiger charge is -2.27. The van der Waals surface area contributed by atoms with Crippen molar-refractivity contribution in [1.29, 1.82) is 0 Å². The lowest BCUT2D eigenvalue weighted by atomic mass is 9.96. The number of hydrogen-bond acceptors (Lipinski definition) is 3. The molecule has 14 heavy (non-hydrogen) atoms. The van der Waals surface area contributed by atoms with Crippen LogP contribution in [0.5, 0.6) is 5.75 Å². The molecule has 1 aromatic carbocycles. The van der Waals surface area contributed by atoms with Crippen LogP contribution in [0.15, 0.2) is 24.3 Å². The van der Waals surface area contributed by atoms with Gasteiger partial charge in [0.25, 0.3) is 0 Å². The molecule has 0 aliphatic rings. The maximum atomic E-state index is 5.68. The van der Waals surface area contributed by atoms with Crippen molar-refractivity contribution in [2.24, 2.45) is 5.73 Å². The summed E-state index contributed by atoms with van der Waals surface area (Å²) in [6.07, 6.45) is 0. The molecule has 0 aliphatic carbocycles. The maximum Gasteiger partial charge on any atom is 0.119 e. The van der Waals surface area contributed by atoms with Gasteiger partial charge in [-0.1, -0.05) is 12.1 Å². The van der Waals surface area contributed by atoms with Crippen molar-refractivity contribution in [3.8, 4) is 5.75 Å². The van der Waals surface area contributed by atoms with E-state index in [4.69, 9.17) is 15.2 Å². The lowest BCUT2D eigenvalue weighted by Crippen LogP contribution is -2.33. The molecule has 0 saturated heterocycles. The fraction of sp³-hybridized carbons (Fsp3) is 0.455. The molecule has 1 atom stereocenters. The molecule has 0 amide bonds. The van der Waals surface area contributed by atoms with Crippen molar-refractivity contribution in [3.63, 3.8) is 0 Å². The molecule has 1 aromatic rings. The number of nitrogens with two attached hydrogens (primary N) is 1. The topological polar surface area (TPSA) is 44.5 Å². The number of methoxy groups -OCH3 is 2. The van der Waals surface area contributed by atoms with Crippen LogP contribution in [-0.2, 0) is 10.3 Å². The van der Waals surface area contributed by atoms with Crippen molar-refractivity contribution in [2.75, 3.05) is 20.8 Å². The summed E-state index contributed by atoms with van der Waals surface area (Å²) >= 11 is 0. The van der Waals surface area contributed by atoms with E-state index in [2.05, 4.69) is 0 Å². The summed E-state index contributed by atoms with van der Waals surface area (Å²) in [6, 6.07) is 7.76. The van der Waals surface area contributed by atoms with E-state index in [9.17, 15) is 0 Å². The van der Waals surface area contributed by atoms with Crippen LogP contribution in [0.4, 0.5) is 0 Å². The minimum atomic E-state index is -0.436. The highest BCUT2D eigenvalue weighted by Crippen LogP contribution is 2.26. The molecule has 78 valence electrons. The van der Waals surface area contributed by atoms with Crippen LogP contribution in [0, 0.1) is 0 Å². The first kappa shape index (κ1) is 11.0. The second-order valence-electron chi connectivity index (χ2n) is 3.37. The van der Waals surface area contributed by atoms with E-state index in [1.807, 2.05) is 31.2 Å². The third-order valence-electron chi connectivity index (χ3n) is 2.52. The Hall–Kier alpha value is -1.06. The van der Waals surface area contributed by atoms with Crippen molar-refractivity contribution in [3.05, 3.63) is 29.8 Å². The maximum absolute atomic E-state index is 5.68. The molecule has 0 radical (unpaired) electrons. The molecule has 0 heterocycles. The zero-order chi connectivity index (χ0) is 10.6. The van der Waals surface area contributed by atoms with Crippen LogP contribution in [0.1, 0.15) is 12.5 Å². The van der Waals surface area contributed by atoms with E-state index in [1.54, 1.807) is 14.2 Å². The van der Waals surface area contributed by atoms with Gasteiger partial charge >= 0.3 is 0 Å². The molecular weight excluding hydrogens is 178 g/mol. The Bertz CT molecular complexity index is 295. The Morgan fingerprint density at radius 1 is 1.36 bits per heavy atom. The van der Waals surface area contributed by atoms with Gasteiger partial charge in [0.1, 0.15) is 11.4 Å². The molecule has 3 heteroatoms. The quantitative estimate of drug-likeness (QED) is 0.792. The summed E-state index contributed by atoms with van der Waals surface area (Å²) < 4.78 is 10.5. The van der Waals surface area contributed by atoms with Gasteiger partial charge in [0, 0.05) is 13.7 Å². The molecule has 2 N–H and O–H groups in total. The first-order valence-corrected chi connectivity index (χ1v) is 4.56. The zero-order valence-electron chi connectivity index (χ0n) is 8.91. The van der Waals surface area contributed by atoms with Crippen molar-refractivity contribution in [2.45, 2.75) is 12.5 Å². The third-order valence-corrected chi connectivity index (χ3v) is 2.52. The SMILES string of the molecule is COc1cccc(C(C)(CN)OC)c1. The molecule has 0 bridgehead atoms. The van der Waals surface area contributed by atoms with Crippen LogP contribution < -0.4 is 10.5 Å². The van der Waals surface area contributed by atoms with E-state index in [0.717, 1.165) is 11.3 Å². The van der Waals surface area contributed by atoms with Gasteiger partial charge in [-0.15, -0.1) is 0 Å². The highest BCUT2D eigenvalue weighted by Gasteiger charge is 2.24. The first-order chi connectivity index (χ1) is 6.66. The molecule has 0 aromatic heterocycles. The van der Waals surface area contributed by atoms with Crippen LogP contribution >= 0.6 is 0 Å². The van der Waals surface area contributed by atoms with Gasteiger partial charge in [0.2, 0.25) is 0 Å².